The topological polar surface area (TPSA) is 85.1 Å². The van der Waals surface area contributed by atoms with Gasteiger partial charge in [0.05, 0.1) is 21.5 Å². The lowest BCUT2D eigenvalue weighted by Crippen LogP contribution is -2.46. The number of fused-ring (bicyclic) bond motifs is 1. The first-order valence-electron chi connectivity index (χ1n) is 7.55. The second-order valence-electron chi connectivity index (χ2n) is 6.08. The molecule has 25 heavy (non-hydrogen) atoms. The molecule has 7 nitrogen and oxygen atoms in total. The fourth-order valence-electron chi connectivity index (χ4n) is 3.03. The van der Waals surface area contributed by atoms with Crippen LogP contribution in [0.1, 0.15) is 25.5 Å². The molecule has 2 N–H and O–H groups in total. The second-order valence-corrected chi connectivity index (χ2v) is 9.03. The third-order valence-electron chi connectivity index (χ3n) is 4.38. The maximum absolute atomic E-state index is 12.0. The summed E-state index contributed by atoms with van der Waals surface area (Å²) in [5, 5.41) is -0.0611. The van der Waals surface area contributed by atoms with Crippen LogP contribution in [0.3, 0.4) is 0 Å². The van der Waals surface area contributed by atoms with Crippen molar-refractivity contribution in [3.8, 4) is 0 Å². The molecule has 0 aromatic carbocycles. The number of nitrogens with two attached hydrogens (primary N) is 1. The fourth-order valence-corrected chi connectivity index (χ4v) is 4.61. The van der Waals surface area contributed by atoms with Crippen molar-refractivity contribution in [2.45, 2.75) is 25.1 Å². The number of anilines is 1. The Morgan fingerprint density at radius 2 is 2.20 bits per heavy atom. The van der Waals surface area contributed by atoms with E-state index in [4.69, 9.17) is 23.9 Å². The number of pyridine rings is 1. The highest BCUT2D eigenvalue weighted by Crippen LogP contribution is 2.36. The number of hydrogen-bond acceptors (Lipinski definition) is 5. The van der Waals surface area contributed by atoms with Crippen LogP contribution in [-0.4, -0.2) is 41.9 Å². The lowest BCUT2D eigenvalue weighted by Gasteiger charge is -2.35. The van der Waals surface area contributed by atoms with Crippen LogP contribution in [0, 0.1) is 6.57 Å². The molecule has 1 saturated heterocycles. The Balaban J connectivity index is 0.00000225. The normalized spacial score (nSPS) is 20.8. The standard InChI is InChI=1S/C15H18ClN5O2S.ClH/c1-9-7-20(4-5-24(9,22)23)15-11(10(2)17)6-12(16)13-14(18-3)19-8-21(13)15;/h6,8-10H,4-5,7,17H2,1-2H3;1H. The largest absolute Gasteiger partial charge is 0.359 e. The van der Waals surface area contributed by atoms with Crippen molar-refractivity contribution in [2.24, 2.45) is 5.73 Å². The van der Waals surface area contributed by atoms with E-state index in [1.165, 1.54) is 0 Å². The molecule has 3 heterocycles. The molecule has 0 bridgehead atoms. The summed E-state index contributed by atoms with van der Waals surface area (Å²) in [6, 6.07) is 1.45. The van der Waals surface area contributed by atoms with Crippen molar-refractivity contribution in [3.05, 3.63) is 34.4 Å². The summed E-state index contributed by atoms with van der Waals surface area (Å²) >= 11 is 6.34. The van der Waals surface area contributed by atoms with Crippen molar-refractivity contribution < 1.29 is 8.42 Å². The van der Waals surface area contributed by atoms with Gasteiger partial charge in [-0.25, -0.2) is 8.42 Å². The molecule has 0 aliphatic carbocycles. The van der Waals surface area contributed by atoms with Gasteiger partial charge in [0.15, 0.2) is 16.2 Å². The number of nitrogens with zero attached hydrogens (tertiary/aromatic N) is 4. The quantitative estimate of drug-likeness (QED) is 0.778. The SMILES string of the molecule is Cl.[C-]#[N+]c1ncn2c(N3CCS(=O)(=O)C(C)C3)c(C(C)N)cc(Cl)c12. The molecule has 0 amide bonds. The van der Waals surface area contributed by atoms with Gasteiger partial charge in [0.2, 0.25) is 0 Å². The second kappa shape index (κ2) is 7.00. The highest BCUT2D eigenvalue weighted by molar-refractivity contribution is 7.92. The fraction of sp³-hybridized carbons (Fsp3) is 0.467. The molecule has 10 heteroatoms. The minimum Gasteiger partial charge on any atom is -0.359 e. The zero-order chi connectivity index (χ0) is 17.6. The van der Waals surface area contributed by atoms with Crippen LogP contribution >= 0.6 is 24.0 Å². The van der Waals surface area contributed by atoms with Crippen LogP contribution < -0.4 is 10.6 Å². The first kappa shape index (κ1) is 19.8. The van der Waals surface area contributed by atoms with Crippen molar-refractivity contribution in [1.29, 1.82) is 0 Å². The average Bonchev–Trinajstić information content (AvgIpc) is 2.94. The molecular formula is C15H19Cl2N5O2S. The van der Waals surface area contributed by atoms with Gasteiger partial charge in [-0.2, -0.15) is 0 Å². The molecule has 3 rings (SSSR count). The Morgan fingerprint density at radius 3 is 2.76 bits per heavy atom. The van der Waals surface area contributed by atoms with E-state index in [0.717, 1.165) is 11.4 Å². The summed E-state index contributed by atoms with van der Waals surface area (Å²) in [6.45, 7) is 11.5. The maximum Gasteiger partial charge on any atom is 0.296 e. The van der Waals surface area contributed by atoms with Crippen molar-refractivity contribution in [1.82, 2.24) is 9.38 Å². The van der Waals surface area contributed by atoms with Gasteiger partial charge in [-0.1, -0.05) is 18.2 Å². The minimum absolute atomic E-state index is 0. The van der Waals surface area contributed by atoms with E-state index in [-0.39, 0.29) is 30.0 Å². The Kier molecular flexibility index (Phi) is 5.54. The molecule has 0 saturated carbocycles. The summed E-state index contributed by atoms with van der Waals surface area (Å²) in [7, 11) is -3.07. The van der Waals surface area contributed by atoms with Crippen LogP contribution in [0.4, 0.5) is 11.6 Å². The van der Waals surface area contributed by atoms with E-state index in [2.05, 4.69) is 9.83 Å². The van der Waals surface area contributed by atoms with Gasteiger partial charge >= 0.3 is 0 Å². The van der Waals surface area contributed by atoms with E-state index in [9.17, 15) is 8.42 Å². The molecule has 2 aromatic heterocycles. The van der Waals surface area contributed by atoms with Crippen LogP contribution in [0.2, 0.25) is 5.02 Å². The van der Waals surface area contributed by atoms with E-state index in [0.29, 0.717) is 23.6 Å². The van der Waals surface area contributed by atoms with E-state index >= 15 is 0 Å². The van der Waals surface area contributed by atoms with Gasteiger partial charge < -0.3 is 15.5 Å². The third-order valence-corrected chi connectivity index (χ3v) is 6.79. The number of sulfone groups is 1. The summed E-state index contributed by atoms with van der Waals surface area (Å²) in [5.74, 6) is 1.06. The molecule has 2 atom stereocenters. The first-order chi connectivity index (χ1) is 11.3. The van der Waals surface area contributed by atoms with Gasteiger partial charge in [-0.3, -0.25) is 4.40 Å². The van der Waals surface area contributed by atoms with Gasteiger partial charge in [0, 0.05) is 24.7 Å². The lowest BCUT2D eigenvalue weighted by atomic mass is 10.1. The van der Waals surface area contributed by atoms with Crippen LogP contribution in [0.15, 0.2) is 12.4 Å². The highest BCUT2D eigenvalue weighted by atomic mass is 35.5. The Labute approximate surface area is 157 Å². The Bertz CT molecular complexity index is 949. The van der Waals surface area contributed by atoms with Gasteiger partial charge in [-0.05, 0) is 19.9 Å². The number of aromatic nitrogens is 2. The summed E-state index contributed by atoms with van der Waals surface area (Å²) < 4.78 is 25.8. The average molecular weight is 404 g/mol. The molecule has 2 unspecified atom stereocenters. The smallest absolute Gasteiger partial charge is 0.296 e. The number of halogens is 2. The lowest BCUT2D eigenvalue weighted by molar-refractivity contribution is 0.567. The van der Waals surface area contributed by atoms with Crippen LogP contribution in [0.25, 0.3) is 10.4 Å². The summed E-state index contributed by atoms with van der Waals surface area (Å²) in [5.41, 5.74) is 7.43. The van der Waals surface area contributed by atoms with Gasteiger partial charge in [-0.15, -0.1) is 17.4 Å². The van der Waals surface area contributed by atoms with Crippen molar-refractivity contribution in [3.63, 3.8) is 0 Å². The van der Waals surface area contributed by atoms with Crippen LogP contribution in [0.5, 0.6) is 0 Å². The molecule has 136 valence electrons. The predicted molar refractivity (Wildman–Crippen MR) is 102 cm³/mol. The van der Waals surface area contributed by atoms with E-state index in [1.54, 1.807) is 23.7 Å². The molecule has 1 aliphatic heterocycles. The monoisotopic (exact) mass is 403 g/mol. The third kappa shape index (κ3) is 3.29. The van der Waals surface area contributed by atoms with Crippen LogP contribution in [-0.2, 0) is 9.84 Å². The predicted octanol–water partition coefficient (Wildman–Crippen LogP) is 2.60. The Hall–Kier alpha value is -1.53. The van der Waals surface area contributed by atoms with Gasteiger partial charge in [0.25, 0.3) is 5.82 Å². The number of imidazole rings is 1. The zero-order valence-electron chi connectivity index (χ0n) is 13.8. The number of rotatable bonds is 2. The summed E-state index contributed by atoms with van der Waals surface area (Å²) in [6.07, 6.45) is 1.55. The minimum atomic E-state index is -3.07. The Morgan fingerprint density at radius 1 is 1.52 bits per heavy atom. The first-order valence-corrected chi connectivity index (χ1v) is 9.64. The maximum atomic E-state index is 12.0. The molecule has 0 spiro atoms. The molecular weight excluding hydrogens is 385 g/mol. The van der Waals surface area contributed by atoms with Crippen molar-refractivity contribution in [2.75, 3.05) is 23.7 Å². The summed E-state index contributed by atoms with van der Waals surface area (Å²) in [4.78, 5) is 9.51. The van der Waals surface area contributed by atoms with E-state index < -0.39 is 15.1 Å². The zero-order valence-corrected chi connectivity index (χ0v) is 16.2. The van der Waals surface area contributed by atoms with Crippen molar-refractivity contribution >= 4 is 51.0 Å². The highest BCUT2D eigenvalue weighted by Gasteiger charge is 2.32. The van der Waals surface area contributed by atoms with Gasteiger partial charge in [0.1, 0.15) is 5.82 Å². The molecule has 2 aromatic rings. The molecule has 1 aliphatic rings. The molecule has 0 radical (unpaired) electrons. The number of hydrogen-bond donors (Lipinski definition) is 1. The molecule has 1 fully saturated rings. The van der Waals surface area contributed by atoms with E-state index in [1.807, 2.05) is 11.8 Å².